The standard InChI is InChI=1S/C15H25N3O/c1-3-5-7-10-16-13-8-11-17-14(12-13)15(19)18-9-6-4-2/h8,11-12H,3-7,9-10H2,1-2H3,(H,16,17)(H,18,19). The zero-order valence-corrected chi connectivity index (χ0v) is 12.0. The quantitative estimate of drug-likeness (QED) is 0.673. The van der Waals surface area contributed by atoms with E-state index >= 15 is 0 Å². The van der Waals surface area contributed by atoms with Crippen LogP contribution in [0.1, 0.15) is 56.4 Å². The van der Waals surface area contributed by atoms with Crippen LogP contribution in [0.2, 0.25) is 0 Å². The summed E-state index contributed by atoms with van der Waals surface area (Å²) < 4.78 is 0. The number of hydrogen-bond acceptors (Lipinski definition) is 3. The molecule has 19 heavy (non-hydrogen) atoms. The van der Waals surface area contributed by atoms with E-state index in [9.17, 15) is 4.79 Å². The van der Waals surface area contributed by atoms with Crippen molar-refractivity contribution in [2.75, 3.05) is 18.4 Å². The average molecular weight is 263 g/mol. The normalized spacial score (nSPS) is 10.2. The fraction of sp³-hybridized carbons (Fsp3) is 0.600. The van der Waals surface area contributed by atoms with Gasteiger partial charge < -0.3 is 10.6 Å². The van der Waals surface area contributed by atoms with Crippen LogP contribution in [-0.4, -0.2) is 24.0 Å². The fourth-order valence-electron chi connectivity index (χ4n) is 1.74. The van der Waals surface area contributed by atoms with Gasteiger partial charge in [0, 0.05) is 25.0 Å². The second-order valence-electron chi connectivity index (χ2n) is 4.67. The Bertz CT molecular complexity index is 379. The molecule has 0 bridgehead atoms. The number of carbonyl (C=O) groups excluding carboxylic acids is 1. The first-order chi connectivity index (χ1) is 9.27. The first-order valence-corrected chi connectivity index (χ1v) is 7.26. The number of carbonyl (C=O) groups is 1. The minimum atomic E-state index is -0.0920. The Morgan fingerprint density at radius 2 is 1.95 bits per heavy atom. The van der Waals surface area contributed by atoms with Crippen molar-refractivity contribution < 1.29 is 4.79 Å². The molecule has 0 aliphatic heterocycles. The van der Waals surface area contributed by atoms with E-state index in [2.05, 4.69) is 29.5 Å². The lowest BCUT2D eigenvalue weighted by atomic mass is 10.2. The molecule has 1 rings (SSSR count). The lowest BCUT2D eigenvalue weighted by Crippen LogP contribution is -2.25. The molecule has 106 valence electrons. The molecule has 1 amide bonds. The van der Waals surface area contributed by atoms with E-state index in [1.807, 2.05) is 12.1 Å². The number of anilines is 1. The number of amides is 1. The molecule has 0 radical (unpaired) electrons. The molecule has 0 aliphatic carbocycles. The SMILES string of the molecule is CCCCCNc1ccnc(C(=O)NCCCC)c1. The molecule has 2 N–H and O–H groups in total. The Morgan fingerprint density at radius 1 is 1.16 bits per heavy atom. The molecule has 0 spiro atoms. The Balaban J connectivity index is 2.44. The van der Waals surface area contributed by atoms with Gasteiger partial charge in [-0.2, -0.15) is 0 Å². The molecule has 1 aromatic rings. The summed E-state index contributed by atoms with van der Waals surface area (Å²) in [6.45, 7) is 5.94. The number of hydrogen-bond donors (Lipinski definition) is 2. The summed E-state index contributed by atoms with van der Waals surface area (Å²) in [6.07, 6.45) is 7.34. The number of nitrogens with one attached hydrogen (secondary N) is 2. The second-order valence-corrected chi connectivity index (χ2v) is 4.67. The predicted octanol–water partition coefficient (Wildman–Crippen LogP) is 3.21. The molecule has 0 saturated heterocycles. The molecule has 0 aromatic carbocycles. The highest BCUT2D eigenvalue weighted by atomic mass is 16.1. The van der Waals surface area contributed by atoms with Gasteiger partial charge in [0.1, 0.15) is 5.69 Å². The third-order valence-electron chi connectivity index (χ3n) is 2.92. The van der Waals surface area contributed by atoms with Gasteiger partial charge in [-0.3, -0.25) is 9.78 Å². The van der Waals surface area contributed by atoms with E-state index in [0.717, 1.165) is 31.5 Å². The van der Waals surface area contributed by atoms with Crippen molar-refractivity contribution in [2.24, 2.45) is 0 Å². The molecule has 4 nitrogen and oxygen atoms in total. The van der Waals surface area contributed by atoms with Crippen LogP contribution in [0, 0.1) is 0 Å². The van der Waals surface area contributed by atoms with E-state index < -0.39 is 0 Å². The maximum atomic E-state index is 11.8. The molecular formula is C15H25N3O. The van der Waals surface area contributed by atoms with Gasteiger partial charge in [0.2, 0.25) is 0 Å². The summed E-state index contributed by atoms with van der Waals surface area (Å²) >= 11 is 0. The zero-order chi connectivity index (χ0) is 13.9. The van der Waals surface area contributed by atoms with Crippen LogP contribution in [0.5, 0.6) is 0 Å². The van der Waals surface area contributed by atoms with Gasteiger partial charge in [-0.15, -0.1) is 0 Å². The van der Waals surface area contributed by atoms with Crippen LogP contribution in [0.25, 0.3) is 0 Å². The molecule has 0 aliphatic rings. The summed E-state index contributed by atoms with van der Waals surface area (Å²) in [5.74, 6) is -0.0920. The molecule has 0 atom stereocenters. The predicted molar refractivity (Wildman–Crippen MR) is 79.5 cm³/mol. The van der Waals surface area contributed by atoms with Crippen LogP contribution >= 0.6 is 0 Å². The minimum Gasteiger partial charge on any atom is -0.385 e. The largest absolute Gasteiger partial charge is 0.385 e. The van der Waals surface area contributed by atoms with E-state index in [4.69, 9.17) is 0 Å². The van der Waals surface area contributed by atoms with Gasteiger partial charge in [-0.05, 0) is 25.0 Å². The minimum absolute atomic E-state index is 0.0920. The Kier molecular flexibility index (Phi) is 7.63. The molecule has 0 saturated carbocycles. The average Bonchev–Trinajstić information content (AvgIpc) is 2.44. The van der Waals surface area contributed by atoms with Crippen molar-refractivity contribution in [1.29, 1.82) is 0 Å². The van der Waals surface area contributed by atoms with E-state index in [1.165, 1.54) is 12.8 Å². The van der Waals surface area contributed by atoms with E-state index in [0.29, 0.717) is 12.2 Å². The Hall–Kier alpha value is -1.58. The lowest BCUT2D eigenvalue weighted by Gasteiger charge is -2.08. The van der Waals surface area contributed by atoms with Crippen LogP contribution in [0.4, 0.5) is 5.69 Å². The molecule has 0 unspecified atom stereocenters. The summed E-state index contributed by atoms with van der Waals surface area (Å²) in [4.78, 5) is 16.0. The first-order valence-electron chi connectivity index (χ1n) is 7.26. The topological polar surface area (TPSA) is 54.0 Å². The van der Waals surface area contributed by atoms with Gasteiger partial charge in [0.15, 0.2) is 0 Å². The van der Waals surface area contributed by atoms with Gasteiger partial charge in [0.05, 0.1) is 0 Å². The van der Waals surface area contributed by atoms with Gasteiger partial charge in [0.25, 0.3) is 5.91 Å². The Morgan fingerprint density at radius 3 is 2.68 bits per heavy atom. The highest BCUT2D eigenvalue weighted by molar-refractivity contribution is 5.93. The van der Waals surface area contributed by atoms with Gasteiger partial charge >= 0.3 is 0 Å². The van der Waals surface area contributed by atoms with Crippen LogP contribution in [0.3, 0.4) is 0 Å². The summed E-state index contributed by atoms with van der Waals surface area (Å²) in [5, 5.41) is 6.20. The van der Waals surface area contributed by atoms with Gasteiger partial charge in [-0.25, -0.2) is 0 Å². The van der Waals surface area contributed by atoms with Gasteiger partial charge in [-0.1, -0.05) is 33.1 Å². The number of nitrogens with zero attached hydrogens (tertiary/aromatic N) is 1. The molecular weight excluding hydrogens is 238 g/mol. The molecule has 1 heterocycles. The number of pyridine rings is 1. The van der Waals surface area contributed by atoms with Crippen molar-refractivity contribution in [2.45, 2.75) is 46.0 Å². The lowest BCUT2D eigenvalue weighted by molar-refractivity contribution is 0.0948. The van der Waals surface area contributed by atoms with Crippen molar-refractivity contribution in [3.05, 3.63) is 24.0 Å². The summed E-state index contributed by atoms with van der Waals surface area (Å²) in [5.41, 5.74) is 1.45. The summed E-state index contributed by atoms with van der Waals surface area (Å²) in [7, 11) is 0. The smallest absolute Gasteiger partial charge is 0.269 e. The maximum absolute atomic E-state index is 11.8. The number of unbranched alkanes of at least 4 members (excludes halogenated alkanes) is 3. The van der Waals surface area contributed by atoms with Crippen LogP contribution < -0.4 is 10.6 Å². The highest BCUT2D eigenvalue weighted by Gasteiger charge is 2.06. The monoisotopic (exact) mass is 263 g/mol. The zero-order valence-electron chi connectivity index (χ0n) is 12.0. The van der Waals surface area contributed by atoms with Crippen molar-refractivity contribution in [3.63, 3.8) is 0 Å². The fourth-order valence-corrected chi connectivity index (χ4v) is 1.74. The number of rotatable bonds is 9. The van der Waals surface area contributed by atoms with Crippen molar-refractivity contribution >= 4 is 11.6 Å². The molecule has 0 fully saturated rings. The third-order valence-corrected chi connectivity index (χ3v) is 2.92. The summed E-state index contributed by atoms with van der Waals surface area (Å²) in [6, 6.07) is 3.71. The van der Waals surface area contributed by atoms with Crippen LogP contribution in [0.15, 0.2) is 18.3 Å². The third kappa shape index (κ3) is 6.22. The van der Waals surface area contributed by atoms with E-state index in [-0.39, 0.29) is 5.91 Å². The molecule has 4 heteroatoms. The van der Waals surface area contributed by atoms with Crippen molar-refractivity contribution in [1.82, 2.24) is 10.3 Å². The highest BCUT2D eigenvalue weighted by Crippen LogP contribution is 2.08. The maximum Gasteiger partial charge on any atom is 0.269 e. The molecule has 1 aromatic heterocycles. The van der Waals surface area contributed by atoms with E-state index in [1.54, 1.807) is 6.20 Å². The second kappa shape index (κ2) is 9.36. The van der Waals surface area contributed by atoms with Crippen molar-refractivity contribution in [3.8, 4) is 0 Å². The number of aromatic nitrogens is 1. The Labute approximate surface area is 116 Å². The van der Waals surface area contributed by atoms with Crippen LogP contribution in [-0.2, 0) is 0 Å². The first kappa shape index (κ1) is 15.5.